The second kappa shape index (κ2) is 11.6. The van der Waals surface area contributed by atoms with Crippen molar-refractivity contribution in [3.05, 3.63) is 59.1 Å². The van der Waals surface area contributed by atoms with Gasteiger partial charge in [-0.2, -0.15) is 0 Å². The van der Waals surface area contributed by atoms with Crippen LogP contribution in [0.5, 0.6) is 5.75 Å². The van der Waals surface area contributed by atoms with Gasteiger partial charge in [0.25, 0.3) is 0 Å². The number of piperazine rings is 1. The molecule has 1 aromatic heterocycles. The van der Waals surface area contributed by atoms with Crippen LogP contribution in [0.2, 0.25) is 0 Å². The summed E-state index contributed by atoms with van der Waals surface area (Å²) in [6.07, 6.45) is 1.16. The predicted octanol–water partition coefficient (Wildman–Crippen LogP) is 4.17. The van der Waals surface area contributed by atoms with Gasteiger partial charge in [-0.25, -0.2) is 9.78 Å². The van der Waals surface area contributed by atoms with Crippen LogP contribution in [0.15, 0.2) is 48.5 Å². The molecule has 1 amide bonds. The third-order valence-electron chi connectivity index (χ3n) is 7.01. The fourth-order valence-electron chi connectivity index (χ4n) is 4.82. The van der Waals surface area contributed by atoms with Gasteiger partial charge >= 0.3 is 6.09 Å². The molecule has 36 heavy (non-hydrogen) atoms. The number of aromatic nitrogens is 1. The van der Waals surface area contributed by atoms with Gasteiger partial charge in [-0.3, -0.25) is 4.90 Å². The smallest absolute Gasteiger partial charge is 0.407 e. The summed E-state index contributed by atoms with van der Waals surface area (Å²) in [5, 5.41) is 10.1. The number of carbonyl (C=O) groups is 1. The van der Waals surface area contributed by atoms with Crippen LogP contribution >= 0.6 is 11.3 Å². The minimum absolute atomic E-state index is 0.201. The molecule has 0 radical (unpaired) electrons. The Bertz CT molecular complexity index is 1120. The van der Waals surface area contributed by atoms with Crippen molar-refractivity contribution in [3.63, 3.8) is 0 Å². The lowest BCUT2D eigenvalue weighted by Crippen LogP contribution is -2.49. The van der Waals surface area contributed by atoms with Gasteiger partial charge in [0.1, 0.15) is 23.5 Å². The molecule has 1 atom stereocenters. The molecule has 9 heteroatoms. The zero-order valence-corrected chi connectivity index (χ0v) is 21.5. The van der Waals surface area contributed by atoms with Crippen molar-refractivity contribution >= 4 is 27.6 Å². The van der Waals surface area contributed by atoms with Gasteiger partial charge in [0.2, 0.25) is 0 Å². The molecule has 1 unspecified atom stereocenters. The van der Waals surface area contributed by atoms with Gasteiger partial charge in [0.05, 0.1) is 16.3 Å². The van der Waals surface area contributed by atoms with Crippen molar-refractivity contribution in [3.8, 4) is 5.75 Å². The molecular weight excluding hydrogens is 476 g/mol. The highest BCUT2D eigenvalue weighted by Gasteiger charge is 2.26. The molecule has 8 nitrogen and oxygen atoms in total. The van der Waals surface area contributed by atoms with E-state index in [9.17, 15) is 4.79 Å². The van der Waals surface area contributed by atoms with E-state index in [2.05, 4.69) is 41.1 Å². The fraction of sp³-hybridized carbons (Fsp3) is 0.481. The molecule has 0 spiro atoms. The summed E-state index contributed by atoms with van der Waals surface area (Å²) in [6, 6.07) is 16.4. The summed E-state index contributed by atoms with van der Waals surface area (Å²) in [6.45, 7) is 5.97. The van der Waals surface area contributed by atoms with E-state index in [-0.39, 0.29) is 12.2 Å². The lowest BCUT2D eigenvalue weighted by atomic mass is 10.1. The van der Waals surface area contributed by atoms with Crippen LogP contribution in [0, 0.1) is 0 Å². The number of nitrogens with zero attached hydrogens (tertiary/aromatic N) is 4. The molecule has 1 N–H and O–H groups in total. The maximum absolute atomic E-state index is 11.1. The van der Waals surface area contributed by atoms with Gasteiger partial charge in [-0.15, -0.1) is 11.3 Å². The molecule has 3 heterocycles. The average Bonchev–Trinajstić information content (AvgIpc) is 3.33. The van der Waals surface area contributed by atoms with Crippen molar-refractivity contribution in [2.75, 3.05) is 59.5 Å². The zero-order valence-electron chi connectivity index (χ0n) is 20.7. The second-order valence-electron chi connectivity index (χ2n) is 9.57. The van der Waals surface area contributed by atoms with E-state index in [1.807, 2.05) is 24.3 Å². The fourth-order valence-corrected chi connectivity index (χ4v) is 5.85. The molecule has 0 saturated carbocycles. The van der Waals surface area contributed by atoms with E-state index in [1.54, 1.807) is 11.3 Å². The molecule has 2 aromatic carbocycles. The number of thiazole rings is 1. The summed E-state index contributed by atoms with van der Waals surface area (Å²) in [4.78, 5) is 22.1. The highest BCUT2D eigenvalue weighted by atomic mass is 32.1. The first-order valence-electron chi connectivity index (χ1n) is 12.7. The van der Waals surface area contributed by atoms with Crippen LogP contribution in [0.4, 0.5) is 4.79 Å². The van der Waals surface area contributed by atoms with E-state index in [1.165, 1.54) is 9.60 Å². The monoisotopic (exact) mass is 510 g/mol. The molecular formula is C27H34N4O4S. The third kappa shape index (κ3) is 6.15. The number of hydrogen-bond acceptors (Lipinski definition) is 7. The molecule has 0 bridgehead atoms. The Kier molecular flexibility index (Phi) is 8.01. The predicted molar refractivity (Wildman–Crippen MR) is 141 cm³/mol. The number of rotatable bonds is 8. The Labute approximate surface area is 216 Å². The average molecular weight is 511 g/mol. The van der Waals surface area contributed by atoms with Crippen LogP contribution in [-0.4, -0.2) is 96.5 Å². The largest absolute Gasteiger partial charge is 0.492 e. The number of likely N-dealkylation sites (tertiary alicyclic amines) is 1. The Morgan fingerprint density at radius 2 is 1.86 bits per heavy atom. The van der Waals surface area contributed by atoms with E-state index in [4.69, 9.17) is 19.6 Å². The van der Waals surface area contributed by atoms with Gasteiger partial charge in [-0.05, 0) is 49.7 Å². The summed E-state index contributed by atoms with van der Waals surface area (Å²) >= 11 is 1.69. The number of amides is 1. The number of ether oxygens (including phenoxy) is 2. The van der Waals surface area contributed by atoms with E-state index in [0.29, 0.717) is 19.7 Å². The lowest BCUT2D eigenvalue weighted by molar-refractivity contribution is -0.0235. The Morgan fingerprint density at radius 3 is 2.61 bits per heavy atom. The molecule has 3 aromatic rings. The zero-order chi connectivity index (χ0) is 24.9. The van der Waals surface area contributed by atoms with Crippen LogP contribution in [0.25, 0.3) is 10.2 Å². The van der Waals surface area contributed by atoms with E-state index >= 15 is 0 Å². The first-order chi connectivity index (χ1) is 17.5. The van der Waals surface area contributed by atoms with Crippen LogP contribution in [0.1, 0.15) is 29.5 Å². The third-order valence-corrected chi connectivity index (χ3v) is 8.09. The molecule has 0 aliphatic carbocycles. The van der Waals surface area contributed by atoms with Crippen molar-refractivity contribution in [2.45, 2.75) is 25.0 Å². The number of hydrogen-bond donors (Lipinski definition) is 1. The van der Waals surface area contributed by atoms with Crippen molar-refractivity contribution in [2.24, 2.45) is 0 Å². The number of fused-ring (bicyclic) bond motifs is 1. The normalized spacial score (nSPS) is 19.0. The maximum Gasteiger partial charge on any atom is 0.407 e. The quantitative estimate of drug-likeness (QED) is 0.487. The number of carboxylic acid groups (broad SMARTS) is 1. The first kappa shape index (κ1) is 25.0. The van der Waals surface area contributed by atoms with E-state index in [0.717, 1.165) is 67.4 Å². The molecule has 5 rings (SSSR count). The molecule has 2 aliphatic heterocycles. The summed E-state index contributed by atoms with van der Waals surface area (Å²) < 4.78 is 14.0. The minimum Gasteiger partial charge on any atom is -0.492 e. The Balaban J connectivity index is 1.27. The van der Waals surface area contributed by atoms with Crippen LogP contribution < -0.4 is 4.74 Å². The topological polar surface area (TPSA) is 78.4 Å². The van der Waals surface area contributed by atoms with Crippen LogP contribution in [-0.2, 0) is 4.74 Å². The minimum atomic E-state index is -0.840. The highest BCUT2D eigenvalue weighted by Crippen LogP contribution is 2.36. The van der Waals surface area contributed by atoms with Gasteiger partial charge < -0.3 is 24.4 Å². The Morgan fingerprint density at radius 1 is 1.08 bits per heavy atom. The standard InChI is InChI=1S/C27H34N4O4S/c1-29-11-9-21(10-12-29)35-25(26-28-23-7-2-3-8-24(23)36-26)20-5-4-6-22(19-20)34-18-17-30-13-15-31(16-14-30)27(32)33/h2-8,19,21,25H,9-18H2,1H3,(H,32,33). The highest BCUT2D eigenvalue weighted by molar-refractivity contribution is 7.18. The summed E-state index contributed by atoms with van der Waals surface area (Å²) in [5.74, 6) is 0.815. The molecule has 2 aliphatic rings. The van der Waals surface area contributed by atoms with Crippen molar-refractivity contribution in [1.29, 1.82) is 0 Å². The Hall–Kier alpha value is -2.72. The number of piperidine rings is 1. The van der Waals surface area contributed by atoms with Crippen molar-refractivity contribution in [1.82, 2.24) is 19.7 Å². The van der Waals surface area contributed by atoms with Crippen molar-refractivity contribution < 1.29 is 19.4 Å². The van der Waals surface area contributed by atoms with Gasteiger partial charge in [0, 0.05) is 45.8 Å². The summed E-state index contributed by atoms with van der Waals surface area (Å²) in [5.41, 5.74) is 2.06. The molecule has 2 saturated heterocycles. The molecule has 192 valence electrons. The number of para-hydroxylation sites is 1. The maximum atomic E-state index is 11.1. The lowest BCUT2D eigenvalue weighted by Gasteiger charge is -2.32. The SMILES string of the molecule is CN1CCC(OC(c2cccc(OCCN3CCN(C(=O)O)CC3)c2)c2nc3ccccc3s2)CC1. The molecule has 2 fully saturated rings. The van der Waals surface area contributed by atoms with Gasteiger partial charge in [0.15, 0.2) is 0 Å². The number of benzene rings is 2. The first-order valence-corrected chi connectivity index (χ1v) is 13.5. The van der Waals surface area contributed by atoms with Crippen LogP contribution in [0.3, 0.4) is 0 Å². The van der Waals surface area contributed by atoms with Gasteiger partial charge in [-0.1, -0.05) is 24.3 Å². The summed E-state index contributed by atoms with van der Waals surface area (Å²) in [7, 11) is 2.16. The second-order valence-corrected chi connectivity index (χ2v) is 10.6. The van der Waals surface area contributed by atoms with E-state index < -0.39 is 6.09 Å².